The minimum absolute atomic E-state index is 0.0879. The Kier molecular flexibility index (Phi) is 2.70. The van der Waals surface area contributed by atoms with Crippen LogP contribution in [0.1, 0.15) is 18.9 Å². The molecule has 0 aromatic carbocycles. The van der Waals surface area contributed by atoms with Gasteiger partial charge in [0.2, 0.25) is 11.9 Å². The Morgan fingerprint density at radius 1 is 1.56 bits per heavy atom. The van der Waals surface area contributed by atoms with Gasteiger partial charge in [0.15, 0.2) is 5.65 Å². The number of nitrogens with zero attached hydrogens (tertiary/aromatic N) is 3. The Balaban J connectivity index is 2.05. The van der Waals surface area contributed by atoms with Gasteiger partial charge < -0.3 is 11.1 Å². The number of imidazole rings is 1. The van der Waals surface area contributed by atoms with Crippen LogP contribution in [-0.2, 0) is 4.79 Å². The van der Waals surface area contributed by atoms with Crippen molar-refractivity contribution in [2.24, 2.45) is 0 Å². The predicted molar refractivity (Wildman–Crippen MR) is 70.9 cm³/mol. The van der Waals surface area contributed by atoms with Crippen molar-refractivity contribution in [1.29, 1.82) is 0 Å². The van der Waals surface area contributed by atoms with Crippen LogP contribution in [0.4, 0.5) is 5.95 Å². The first-order chi connectivity index (χ1) is 8.65. The molecule has 1 fully saturated rings. The molecule has 0 spiro atoms. The van der Waals surface area contributed by atoms with Gasteiger partial charge in [-0.05, 0) is 28.4 Å². The summed E-state index contributed by atoms with van der Waals surface area (Å²) in [4.78, 5) is 19.8. The van der Waals surface area contributed by atoms with E-state index in [-0.39, 0.29) is 11.9 Å². The van der Waals surface area contributed by atoms with E-state index in [1.54, 1.807) is 6.20 Å². The second kappa shape index (κ2) is 4.24. The summed E-state index contributed by atoms with van der Waals surface area (Å²) in [5.74, 6) is 0.529. The summed E-state index contributed by atoms with van der Waals surface area (Å²) in [5.41, 5.74) is 7.48. The Morgan fingerprint density at radius 3 is 3.11 bits per heavy atom. The molecule has 2 aromatic rings. The molecule has 0 bridgehead atoms. The van der Waals surface area contributed by atoms with Gasteiger partial charge in [-0.2, -0.15) is 0 Å². The van der Waals surface area contributed by atoms with E-state index in [4.69, 9.17) is 5.73 Å². The fraction of sp³-hybridized carbons (Fsp3) is 0.364. The molecule has 1 amide bonds. The maximum Gasteiger partial charge on any atom is 0.220 e. The van der Waals surface area contributed by atoms with Crippen LogP contribution in [0.3, 0.4) is 0 Å². The minimum Gasteiger partial charge on any atom is -0.369 e. The number of pyridine rings is 1. The summed E-state index contributed by atoms with van der Waals surface area (Å²) in [6.07, 6.45) is 3.00. The molecule has 3 N–H and O–H groups in total. The van der Waals surface area contributed by atoms with Crippen LogP contribution >= 0.6 is 15.9 Å². The molecule has 0 aliphatic carbocycles. The molecule has 1 saturated heterocycles. The lowest BCUT2D eigenvalue weighted by Gasteiger charge is -2.24. The molecule has 2 aromatic heterocycles. The minimum atomic E-state index is 0.0879. The van der Waals surface area contributed by atoms with Gasteiger partial charge >= 0.3 is 0 Å². The van der Waals surface area contributed by atoms with Gasteiger partial charge in [0.1, 0.15) is 5.52 Å². The molecule has 3 heterocycles. The maximum atomic E-state index is 11.2. The van der Waals surface area contributed by atoms with Crippen molar-refractivity contribution in [3.63, 3.8) is 0 Å². The van der Waals surface area contributed by atoms with Crippen molar-refractivity contribution in [1.82, 2.24) is 19.9 Å². The number of nitrogens with two attached hydrogens (primary N) is 1. The molecule has 1 aliphatic heterocycles. The van der Waals surface area contributed by atoms with E-state index in [9.17, 15) is 4.79 Å². The van der Waals surface area contributed by atoms with Gasteiger partial charge in [-0.1, -0.05) is 0 Å². The lowest BCUT2D eigenvalue weighted by atomic mass is 10.1. The number of halogens is 1. The van der Waals surface area contributed by atoms with Gasteiger partial charge in [-0.25, -0.2) is 9.97 Å². The smallest absolute Gasteiger partial charge is 0.220 e. The van der Waals surface area contributed by atoms with Gasteiger partial charge in [-0.15, -0.1) is 0 Å². The fourth-order valence-electron chi connectivity index (χ4n) is 2.28. The molecule has 3 rings (SSSR count). The van der Waals surface area contributed by atoms with Gasteiger partial charge in [0, 0.05) is 23.6 Å². The van der Waals surface area contributed by atoms with Gasteiger partial charge in [0.05, 0.1) is 6.04 Å². The first-order valence-corrected chi connectivity index (χ1v) is 6.50. The second-order valence-electron chi connectivity index (χ2n) is 4.33. The number of nitrogen functional groups attached to an aromatic ring is 1. The monoisotopic (exact) mass is 309 g/mol. The standard InChI is InChI=1S/C11H12BrN5O/c12-6-3-8-10(15-4-6)17(11(13)16-8)7-1-2-9(18)14-5-7/h3-4,7H,1-2,5H2,(H2,13,16)(H,14,18). The number of hydrogen-bond acceptors (Lipinski definition) is 4. The van der Waals surface area contributed by atoms with E-state index in [2.05, 4.69) is 31.2 Å². The quantitative estimate of drug-likeness (QED) is 0.829. The molecule has 94 valence electrons. The number of piperidine rings is 1. The van der Waals surface area contributed by atoms with Crippen LogP contribution in [0, 0.1) is 0 Å². The van der Waals surface area contributed by atoms with Gasteiger partial charge in [-0.3, -0.25) is 9.36 Å². The summed E-state index contributed by atoms with van der Waals surface area (Å²) in [5, 5.41) is 2.84. The molecule has 0 saturated carbocycles. The number of hydrogen-bond donors (Lipinski definition) is 2. The topological polar surface area (TPSA) is 85.8 Å². The number of amides is 1. The zero-order chi connectivity index (χ0) is 12.7. The van der Waals surface area contributed by atoms with Crippen LogP contribution in [-0.4, -0.2) is 27.0 Å². The zero-order valence-electron chi connectivity index (χ0n) is 9.56. The number of anilines is 1. The van der Waals surface area contributed by atoms with E-state index < -0.39 is 0 Å². The highest BCUT2D eigenvalue weighted by Gasteiger charge is 2.23. The molecular weight excluding hydrogens is 298 g/mol. The van der Waals surface area contributed by atoms with Gasteiger partial charge in [0.25, 0.3) is 0 Å². The maximum absolute atomic E-state index is 11.2. The van der Waals surface area contributed by atoms with Crippen LogP contribution < -0.4 is 11.1 Å². The van der Waals surface area contributed by atoms with Crippen molar-refractivity contribution in [3.8, 4) is 0 Å². The first-order valence-electron chi connectivity index (χ1n) is 5.71. The van der Waals surface area contributed by atoms with Crippen molar-refractivity contribution >= 4 is 38.9 Å². The highest BCUT2D eigenvalue weighted by Crippen LogP contribution is 2.26. The van der Waals surface area contributed by atoms with E-state index in [1.807, 2.05) is 10.6 Å². The van der Waals surface area contributed by atoms with Crippen LogP contribution in [0.5, 0.6) is 0 Å². The highest BCUT2D eigenvalue weighted by molar-refractivity contribution is 9.10. The van der Waals surface area contributed by atoms with Crippen molar-refractivity contribution < 1.29 is 4.79 Å². The average Bonchev–Trinajstić information content (AvgIpc) is 2.65. The largest absolute Gasteiger partial charge is 0.369 e. The van der Waals surface area contributed by atoms with Crippen molar-refractivity contribution in [3.05, 3.63) is 16.7 Å². The fourth-order valence-corrected chi connectivity index (χ4v) is 2.59. The third kappa shape index (κ3) is 1.84. The lowest BCUT2D eigenvalue weighted by molar-refractivity contribution is -0.122. The Labute approximate surface area is 112 Å². The molecular formula is C11H12BrN5O. The van der Waals surface area contributed by atoms with Crippen LogP contribution in [0.2, 0.25) is 0 Å². The Hall–Kier alpha value is -1.63. The molecule has 1 aliphatic rings. The highest BCUT2D eigenvalue weighted by atomic mass is 79.9. The van der Waals surface area contributed by atoms with E-state index in [0.29, 0.717) is 18.9 Å². The third-order valence-corrected chi connectivity index (χ3v) is 3.56. The average molecular weight is 310 g/mol. The number of carbonyl (C=O) groups is 1. The summed E-state index contributed by atoms with van der Waals surface area (Å²) >= 11 is 3.36. The number of nitrogens with one attached hydrogen (secondary N) is 1. The number of aromatic nitrogens is 3. The normalized spacial score (nSPS) is 20.1. The zero-order valence-corrected chi connectivity index (χ0v) is 11.1. The SMILES string of the molecule is Nc1nc2cc(Br)cnc2n1C1CCC(=O)NC1. The molecule has 7 heteroatoms. The Bertz CT molecular complexity index is 613. The van der Waals surface area contributed by atoms with E-state index >= 15 is 0 Å². The summed E-state index contributed by atoms with van der Waals surface area (Å²) in [6, 6.07) is 2.01. The summed E-state index contributed by atoms with van der Waals surface area (Å²) in [7, 11) is 0. The lowest BCUT2D eigenvalue weighted by Crippen LogP contribution is -2.36. The predicted octanol–water partition coefficient (Wildman–Crippen LogP) is 1.23. The summed E-state index contributed by atoms with van der Waals surface area (Å²) in [6.45, 7) is 0.576. The third-order valence-electron chi connectivity index (χ3n) is 3.13. The summed E-state index contributed by atoms with van der Waals surface area (Å²) < 4.78 is 2.78. The van der Waals surface area contributed by atoms with Crippen LogP contribution in [0.15, 0.2) is 16.7 Å². The number of rotatable bonds is 1. The molecule has 1 unspecified atom stereocenters. The number of fused-ring (bicyclic) bond motifs is 1. The van der Waals surface area contributed by atoms with E-state index in [0.717, 1.165) is 22.1 Å². The van der Waals surface area contributed by atoms with Crippen LogP contribution in [0.25, 0.3) is 11.2 Å². The molecule has 6 nitrogen and oxygen atoms in total. The van der Waals surface area contributed by atoms with Crippen molar-refractivity contribution in [2.45, 2.75) is 18.9 Å². The Morgan fingerprint density at radius 2 is 2.39 bits per heavy atom. The second-order valence-corrected chi connectivity index (χ2v) is 5.25. The first kappa shape index (κ1) is 11.5. The molecule has 1 atom stereocenters. The van der Waals surface area contributed by atoms with Crippen molar-refractivity contribution in [2.75, 3.05) is 12.3 Å². The van der Waals surface area contributed by atoms with E-state index in [1.165, 1.54) is 0 Å². The number of carbonyl (C=O) groups excluding carboxylic acids is 1. The molecule has 18 heavy (non-hydrogen) atoms. The molecule has 0 radical (unpaired) electrons.